The fourth-order valence-electron chi connectivity index (χ4n) is 5.01. The fourth-order valence-corrected chi connectivity index (χ4v) is 5.01. The average molecular weight is 386 g/mol. The lowest BCUT2D eigenvalue weighted by Crippen LogP contribution is -2.46. The Morgan fingerprint density at radius 2 is 1.93 bits per heavy atom. The molecule has 0 bridgehead atoms. The van der Waals surface area contributed by atoms with Crippen LogP contribution in [0.5, 0.6) is 0 Å². The van der Waals surface area contributed by atoms with Crippen LogP contribution in [0.15, 0.2) is 18.2 Å². The number of likely N-dealkylation sites (tertiary alicyclic amines) is 2. The Morgan fingerprint density at radius 3 is 2.68 bits per heavy atom. The quantitative estimate of drug-likeness (QED) is 0.826. The maximum absolute atomic E-state index is 12.3. The minimum Gasteiger partial charge on any atom is -0.444 e. The molecule has 4 rings (SSSR count). The molecule has 154 valence electrons. The normalized spacial score (nSPS) is 22.0. The van der Waals surface area contributed by atoms with E-state index in [-0.39, 0.29) is 6.09 Å². The van der Waals surface area contributed by atoms with E-state index in [4.69, 9.17) is 4.74 Å². The van der Waals surface area contributed by atoms with Gasteiger partial charge in [0.05, 0.1) is 0 Å². The van der Waals surface area contributed by atoms with Crippen LogP contribution in [-0.4, -0.2) is 54.2 Å². The minimum absolute atomic E-state index is 0.154. The highest BCUT2D eigenvalue weighted by atomic mass is 16.6. The number of rotatable bonds is 2. The molecule has 1 aromatic carbocycles. The molecule has 0 unspecified atom stereocenters. The summed E-state index contributed by atoms with van der Waals surface area (Å²) < 4.78 is 5.55. The van der Waals surface area contributed by atoms with Crippen molar-refractivity contribution in [3.63, 3.8) is 0 Å². The van der Waals surface area contributed by atoms with Crippen LogP contribution in [-0.2, 0) is 17.7 Å². The number of ether oxygens (including phenoxy) is 1. The van der Waals surface area contributed by atoms with Crippen LogP contribution in [0.25, 0.3) is 0 Å². The SMILES string of the molecule is CC(C)(C)OC(=O)N1CCC2(CCN(Cc3cccc4c3NCCC4)C2)CC1. The minimum atomic E-state index is -0.417. The standard InChI is InChI=1S/C23H35N3O2/c1-22(2,3)28-21(27)26-14-10-23(11-15-26)9-13-25(17-23)16-19-7-4-6-18-8-5-12-24-20(18)19/h4,6-7,24H,5,8-17H2,1-3H3. The van der Waals surface area contributed by atoms with Gasteiger partial charge in [0.25, 0.3) is 0 Å². The van der Waals surface area contributed by atoms with Crippen LogP contribution >= 0.6 is 0 Å². The molecular formula is C23H35N3O2. The third-order valence-electron chi connectivity index (χ3n) is 6.55. The Morgan fingerprint density at radius 1 is 1.18 bits per heavy atom. The largest absolute Gasteiger partial charge is 0.444 e. The third kappa shape index (κ3) is 4.29. The van der Waals surface area contributed by atoms with Gasteiger partial charge in [0.2, 0.25) is 0 Å². The van der Waals surface area contributed by atoms with E-state index in [1.165, 1.54) is 36.1 Å². The Balaban J connectivity index is 1.33. The number of hydrogen-bond acceptors (Lipinski definition) is 4. The number of piperidine rings is 1. The van der Waals surface area contributed by atoms with Crippen LogP contribution < -0.4 is 5.32 Å². The van der Waals surface area contributed by atoms with E-state index >= 15 is 0 Å². The summed E-state index contributed by atoms with van der Waals surface area (Å²) in [5, 5.41) is 3.63. The van der Waals surface area contributed by atoms with E-state index in [1.54, 1.807) is 0 Å². The molecule has 0 aliphatic carbocycles. The molecule has 5 heteroatoms. The molecular weight excluding hydrogens is 350 g/mol. The van der Waals surface area contributed by atoms with Crippen LogP contribution in [0.4, 0.5) is 10.5 Å². The van der Waals surface area contributed by atoms with Gasteiger partial charge in [-0.25, -0.2) is 4.79 Å². The first-order valence-corrected chi connectivity index (χ1v) is 10.9. The highest BCUT2D eigenvalue weighted by molar-refractivity contribution is 5.68. The number of para-hydroxylation sites is 1. The monoisotopic (exact) mass is 385 g/mol. The number of hydrogen-bond donors (Lipinski definition) is 1. The van der Waals surface area contributed by atoms with Gasteiger partial charge in [-0.1, -0.05) is 18.2 Å². The lowest BCUT2D eigenvalue weighted by Gasteiger charge is -2.39. The molecule has 3 aliphatic rings. The molecule has 2 fully saturated rings. The first-order chi connectivity index (χ1) is 13.3. The number of fused-ring (bicyclic) bond motifs is 1. The Hall–Kier alpha value is -1.75. The van der Waals surface area contributed by atoms with Crippen molar-refractivity contribution >= 4 is 11.8 Å². The molecule has 0 radical (unpaired) electrons. The summed E-state index contributed by atoms with van der Waals surface area (Å²) in [4.78, 5) is 16.9. The number of aryl methyl sites for hydroxylation is 1. The van der Waals surface area contributed by atoms with E-state index in [2.05, 4.69) is 28.4 Å². The third-order valence-corrected chi connectivity index (χ3v) is 6.55. The van der Waals surface area contributed by atoms with Crippen molar-refractivity contribution in [2.75, 3.05) is 38.0 Å². The predicted octanol–water partition coefficient (Wildman–Crippen LogP) is 4.27. The Labute approximate surface area is 169 Å². The summed E-state index contributed by atoms with van der Waals surface area (Å²) in [6, 6.07) is 6.77. The van der Waals surface area contributed by atoms with Crippen LogP contribution in [0.1, 0.15) is 57.6 Å². The maximum Gasteiger partial charge on any atom is 0.410 e. The summed E-state index contributed by atoms with van der Waals surface area (Å²) in [6.07, 6.45) is 5.71. The summed E-state index contributed by atoms with van der Waals surface area (Å²) in [7, 11) is 0. The first kappa shape index (κ1) is 19.6. The van der Waals surface area contributed by atoms with Crippen molar-refractivity contribution in [1.29, 1.82) is 0 Å². The van der Waals surface area contributed by atoms with Crippen LogP contribution in [0, 0.1) is 5.41 Å². The molecule has 2 saturated heterocycles. The van der Waals surface area contributed by atoms with E-state index in [1.807, 2.05) is 25.7 Å². The molecule has 1 aromatic rings. The van der Waals surface area contributed by atoms with Crippen molar-refractivity contribution in [2.24, 2.45) is 5.41 Å². The van der Waals surface area contributed by atoms with Crippen molar-refractivity contribution in [3.8, 4) is 0 Å². The maximum atomic E-state index is 12.3. The van der Waals surface area contributed by atoms with E-state index < -0.39 is 5.60 Å². The highest BCUT2D eigenvalue weighted by Crippen LogP contribution is 2.41. The number of carbonyl (C=O) groups excluding carboxylic acids is 1. The molecule has 1 amide bonds. The highest BCUT2D eigenvalue weighted by Gasteiger charge is 2.42. The fraction of sp³-hybridized carbons (Fsp3) is 0.696. The number of nitrogens with zero attached hydrogens (tertiary/aromatic N) is 2. The van der Waals surface area contributed by atoms with Gasteiger partial charge in [-0.3, -0.25) is 4.90 Å². The van der Waals surface area contributed by atoms with Gasteiger partial charge in [-0.15, -0.1) is 0 Å². The van der Waals surface area contributed by atoms with Crippen LogP contribution in [0.2, 0.25) is 0 Å². The number of amides is 1. The predicted molar refractivity (Wildman–Crippen MR) is 113 cm³/mol. The van der Waals surface area contributed by atoms with Crippen molar-refractivity contribution in [3.05, 3.63) is 29.3 Å². The smallest absolute Gasteiger partial charge is 0.410 e. The zero-order chi connectivity index (χ0) is 19.8. The molecule has 1 spiro atoms. The van der Waals surface area contributed by atoms with Gasteiger partial charge in [0.15, 0.2) is 0 Å². The molecule has 0 saturated carbocycles. The van der Waals surface area contributed by atoms with Crippen molar-refractivity contribution in [2.45, 2.75) is 65.0 Å². The molecule has 1 N–H and O–H groups in total. The van der Waals surface area contributed by atoms with E-state index in [0.29, 0.717) is 5.41 Å². The molecule has 3 heterocycles. The Bertz CT molecular complexity index is 717. The molecule has 0 aromatic heterocycles. The first-order valence-electron chi connectivity index (χ1n) is 10.9. The van der Waals surface area contributed by atoms with Gasteiger partial charge in [0, 0.05) is 38.4 Å². The summed E-state index contributed by atoms with van der Waals surface area (Å²) in [5.74, 6) is 0. The van der Waals surface area contributed by atoms with Crippen molar-refractivity contribution < 1.29 is 9.53 Å². The van der Waals surface area contributed by atoms with E-state index in [0.717, 1.165) is 52.1 Å². The van der Waals surface area contributed by atoms with Gasteiger partial charge >= 0.3 is 6.09 Å². The number of benzene rings is 1. The summed E-state index contributed by atoms with van der Waals surface area (Å²) in [5.41, 5.74) is 4.26. The van der Waals surface area contributed by atoms with Gasteiger partial charge < -0.3 is 15.0 Å². The molecule has 5 nitrogen and oxygen atoms in total. The summed E-state index contributed by atoms with van der Waals surface area (Å²) in [6.45, 7) is 11.9. The van der Waals surface area contributed by atoms with Gasteiger partial charge in [-0.05, 0) is 76.0 Å². The number of anilines is 1. The number of nitrogens with one attached hydrogen (secondary N) is 1. The average Bonchev–Trinajstić information content (AvgIpc) is 3.03. The second-order valence-electron chi connectivity index (χ2n) is 9.91. The lowest BCUT2D eigenvalue weighted by atomic mass is 9.78. The molecule has 0 atom stereocenters. The van der Waals surface area contributed by atoms with Crippen LogP contribution in [0.3, 0.4) is 0 Å². The molecule has 28 heavy (non-hydrogen) atoms. The zero-order valence-corrected chi connectivity index (χ0v) is 17.7. The van der Waals surface area contributed by atoms with E-state index in [9.17, 15) is 4.79 Å². The summed E-state index contributed by atoms with van der Waals surface area (Å²) >= 11 is 0. The lowest BCUT2D eigenvalue weighted by molar-refractivity contribution is 0.0109. The van der Waals surface area contributed by atoms with Crippen molar-refractivity contribution in [1.82, 2.24) is 9.80 Å². The zero-order valence-electron chi connectivity index (χ0n) is 17.7. The van der Waals surface area contributed by atoms with Gasteiger partial charge in [-0.2, -0.15) is 0 Å². The second-order valence-corrected chi connectivity index (χ2v) is 9.91. The number of carbonyl (C=O) groups is 1. The van der Waals surface area contributed by atoms with Gasteiger partial charge in [0.1, 0.15) is 5.60 Å². The second kappa shape index (κ2) is 7.58. The molecule has 3 aliphatic heterocycles. The Kier molecular flexibility index (Phi) is 5.30. The topological polar surface area (TPSA) is 44.8 Å².